The van der Waals surface area contributed by atoms with Crippen LogP contribution in [-0.2, 0) is 13.0 Å². The zero-order valence-corrected chi connectivity index (χ0v) is 11.4. The first-order chi connectivity index (χ1) is 9.35. The second-order valence-electron chi connectivity index (χ2n) is 4.19. The molecule has 0 amide bonds. The summed E-state index contributed by atoms with van der Waals surface area (Å²) in [5.41, 5.74) is 2.88. The van der Waals surface area contributed by atoms with Gasteiger partial charge in [0.25, 0.3) is 0 Å². The van der Waals surface area contributed by atoms with Crippen LogP contribution < -0.4 is 5.32 Å². The maximum atomic E-state index is 4.35. The first-order valence-electron chi connectivity index (χ1n) is 6.23. The molecule has 0 atom stereocenters. The number of hydrogen-bond acceptors (Lipinski definition) is 5. The van der Waals surface area contributed by atoms with Crippen molar-refractivity contribution < 1.29 is 0 Å². The number of nitrogens with one attached hydrogen (secondary N) is 1. The summed E-state index contributed by atoms with van der Waals surface area (Å²) in [5, 5.41) is 4.57. The number of thiazole rings is 1. The number of hydrogen-bond donors (Lipinski definition) is 1. The lowest BCUT2D eigenvalue weighted by atomic mass is 10.2. The molecule has 0 aliphatic rings. The molecule has 0 saturated carbocycles. The van der Waals surface area contributed by atoms with E-state index in [4.69, 9.17) is 0 Å². The number of fused-ring (bicyclic) bond motifs is 1. The first kappa shape index (κ1) is 12.0. The fraction of sp³-hybridized carbons (Fsp3) is 0.214. The van der Waals surface area contributed by atoms with Gasteiger partial charge in [0.2, 0.25) is 0 Å². The van der Waals surface area contributed by atoms with E-state index in [1.807, 2.05) is 24.4 Å². The van der Waals surface area contributed by atoms with Gasteiger partial charge in [-0.1, -0.05) is 6.92 Å². The van der Waals surface area contributed by atoms with E-state index >= 15 is 0 Å². The van der Waals surface area contributed by atoms with Crippen LogP contribution in [0.15, 0.2) is 36.8 Å². The van der Waals surface area contributed by atoms with Crippen LogP contribution in [0.25, 0.3) is 11.0 Å². The molecule has 5 heteroatoms. The van der Waals surface area contributed by atoms with E-state index in [0.717, 1.165) is 29.7 Å². The van der Waals surface area contributed by atoms with Crippen molar-refractivity contribution in [2.75, 3.05) is 5.32 Å². The highest BCUT2D eigenvalue weighted by atomic mass is 32.1. The molecule has 0 saturated heterocycles. The molecule has 0 aliphatic carbocycles. The Hall–Kier alpha value is -2.01. The first-order valence-corrected chi connectivity index (χ1v) is 7.05. The van der Waals surface area contributed by atoms with Crippen LogP contribution in [0.1, 0.15) is 16.8 Å². The molecule has 3 rings (SSSR count). The third-order valence-electron chi connectivity index (χ3n) is 2.84. The molecule has 2 heterocycles. The Morgan fingerprint density at radius 1 is 1.11 bits per heavy atom. The van der Waals surface area contributed by atoms with Crippen molar-refractivity contribution in [3.63, 3.8) is 0 Å². The van der Waals surface area contributed by atoms with Crippen LogP contribution in [0.2, 0.25) is 0 Å². The lowest BCUT2D eigenvalue weighted by Gasteiger charge is -2.05. The van der Waals surface area contributed by atoms with E-state index in [9.17, 15) is 0 Å². The van der Waals surface area contributed by atoms with Crippen molar-refractivity contribution in [3.8, 4) is 0 Å². The topological polar surface area (TPSA) is 50.7 Å². The Kier molecular flexibility index (Phi) is 3.37. The van der Waals surface area contributed by atoms with Crippen molar-refractivity contribution in [2.24, 2.45) is 0 Å². The average molecular weight is 270 g/mol. The average Bonchev–Trinajstić information content (AvgIpc) is 2.93. The van der Waals surface area contributed by atoms with Gasteiger partial charge in [-0.2, -0.15) is 0 Å². The van der Waals surface area contributed by atoms with Gasteiger partial charge < -0.3 is 5.32 Å². The third kappa shape index (κ3) is 2.71. The van der Waals surface area contributed by atoms with Gasteiger partial charge in [-0.3, -0.25) is 9.97 Å². The minimum atomic E-state index is 0.795. The van der Waals surface area contributed by atoms with Gasteiger partial charge in [0.1, 0.15) is 0 Å². The quantitative estimate of drug-likeness (QED) is 0.790. The predicted molar refractivity (Wildman–Crippen MR) is 78.4 cm³/mol. The summed E-state index contributed by atoms with van der Waals surface area (Å²) in [7, 11) is 0. The normalized spacial score (nSPS) is 10.8. The fourth-order valence-electron chi connectivity index (χ4n) is 1.86. The van der Waals surface area contributed by atoms with Crippen LogP contribution in [0, 0.1) is 0 Å². The number of aryl methyl sites for hydroxylation is 1. The van der Waals surface area contributed by atoms with E-state index in [1.54, 1.807) is 23.7 Å². The fourth-order valence-corrected chi connectivity index (χ4v) is 2.66. The highest BCUT2D eigenvalue weighted by Gasteiger charge is 2.01. The molecular formula is C14H14N4S. The summed E-state index contributed by atoms with van der Waals surface area (Å²) < 4.78 is 0. The zero-order valence-electron chi connectivity index (χ0n) is 10.6. The van der Waals surface area contributed by atoms with Crippen LogP contribution in [0.4, 0.5) is 5.69 Å². The summed E-state index contributed by atoms with van der Waals surface area (Å²) in [6.07, 6.45) is 6.36. The largest absolute Gasteiger partial charge is 0.380 e. The Morgan fingerprint density at radius 3 is 2.74 bits per heavy atom. The minimum Gasteiger partial charge on any atom is -0.380 e. The molecule has 0 spiro atoms. The Bertz CT molecular complexity index is 692. The van der Waals surface area contributed by atoms with Crippen LogP contribution in [0.3, 0.4) is 0 Å². The summed E-state index contributed by atoms with van der Waals surface area (Å²) in [4.78, 5) is 14.2. The lowest BCUT2D eigenvalue weighted by Crippen LogP contribution is -1.97. The Labute approximate surface area is 115 Å². The van der Waals surface area contributed by atoms with Gasteiger partial charge in [-0.05, 0) is 24.6 Å². The van der Waals surface area contributed by atoms with Crippen LogP contribution >= 0.6 is 11.3 Å². The molecule has 1 N–H and O–H groups in total. The number of rotatable bonds is 4. The summed E-state index contributed by atoms with van der Waals surface area (Å²) in [6, 6.07) is 6.03. The second-order valence-corrected chi connectivity index (χ2v) is 5.39. The molecule has 2 aromatic heterocycles. The van der Waals surface area contributed by atoms with E-state index in [1.165, 1.54) is 9.88 Å². The molecular weight excluding hydrogens is 256 g/mol. The predicted octanol–water partition coefficient (Wildman–Crippen LogP) is 3.26. The van der Waals surface area contributed by atoms with Crippen molar-refractivity contribution in [1.29, 1.82) is 0 Å². The van der Waals surface area contributed by atoms with Gasteiger partial charge in [0, 0.05) is 29.2 Å². The second kappa shape index (κ2) is 5.32. The molecule has 0 unspecified atom stereocenters. The molecule has 0 bridgehead atoms. The number of benzene rings is 1. The summed E-state index contributed by atoms with van der Waals surface area (Å²) in [6.45, 7) is 2.92. The molecule has 19 heavy (non-hydrogen) atoms. The maximum absolute atomic E-state index is 4.35. The highest BCUT2D eigenvalue weighted by molar-refractivity contribution is 7.11. The SMILES string of the molecule is CCc1ncc(CNc2ccc3nccnc3c2)s1. The van der Waals surface area contributed by atoms with Crippen molar-refractivity contribution in [1.82, 2.24) is 15.0 Å². The van der Waals surface area contributed by atoms with Gasteiger partial charge in [0.15, 0.2) is 0 Å². The smallest absolute Gasteiger partial charge is 0.0925 e. The zero-order chi connectivity index (χ0) is 13.1. The molecule has 0 radical (unpaired) electrons. The van der Waals surface area contributed by atoms with Gasteiger partial charge >= 0.3 is 0 Å². The highest BCUT2D eigenvalue weighted by Crippen LogP contribution is 2.18. The van der Waals surface area contributed by atoms with E-state index in [0.29, 0.717) is 0 Å². The summed E-state index contributed by atoms with van der Waals surface area (Å²) >= 11 is 1.75. The van der Waals surface area contributed by atoms with E-state index in [2.05, 4.69) is 27.2 Å². The standard InChI is InChI=1S/C14H14N4S/c1-2-14-18-9-11(19-14)8-17-10-3-4-12-13(7-10)16-6-5-15-12/h3-7,9,17H,2,8H2,1H3. The lowest BCUT2D eigenvalue weighted by molar-refractivity contribution is 1.09. The van der Waals surface area contributed by atoms with Gasteiger partial charge in [0.05, 0.1) is 22.6 Å². The number of nitrogens with zero attached hydrogens (tertiary/aromatic N) is 3. The molecule has 1 aromatic carbocycles. The molecule has 4 nitrogen and oxygen atoms in total. The van der Waals surface area contributed by atoms with Gasteiger partial charge in [-0.15, -0.1) is 11.3 Å². The van der Waals surface area contributed by atoms with Crippen LogP contribution in [0.5, 0.6) is 0 Å². The molecule has 3 aromatic rings. The van der Waals surface area contributed by atoms with Crippen molar-refractivity contribution in [3.05, 3.63) is 46.7 Å². The maximum Gasteiger partial charge on any atom is 0.0925 e. The Balaban J connectivity index is 1.74. The van der Waals surface area contributed by atoms with Crippen molar-refractivity contribution in [2.45, 2.75) is 19.9 Å². The van der Waals surface area contributed by atoms with Crippen LogP contribution in [-0.4, -0.2) is 15.0 Å². The minimum absolute atomic E-state index is 0.795. The number of anilines is 1. The molecule has 0 aliphatic heterocycles. The monoisotopic (exact) mass is 270 g/mol. The third-order valence-corrected chi connectivity index (χ3v) is 3.98. The summed E-state index contributed by atoms with van der Waals surface area (Å²) in [5.74, 6) is 0. The number of aromatic nitrogens is 3. The van der Waals surface area contributed by atoms with Gasteiger partial charge in [-0.25, -0.2) is 4.98 Å². The molecule has 0 fully saturated rings. The Morgan fingerprint density at radius 2 is 1.95 bits per heavy atom. The van der Waals surface area contributed by atoms with E-state index in [-0.39, 0.29) is 0 Å². The van der Waals surface area contributed by atoms with Crippen molar-refractivity contribution >= 4 is 28.1 Å². The molecule has 96 valence electrons. The van der Waals surface area contributed by atoms with E-state index < -0.39 is 0 Å².